The highest BCUT2D eigenvalue weighted by Crippen LogP contribution is 2.43. The van der Waals surface area contributed by atoms with Gasteiger partial charge in [-0.25, -0.2) is 0 Å². The van der Waals surface area contributed by atoms with Crippen molar-refractivity contribution in [2.45, 2.75) is 31.0 Å². The molecule has 2 fully saturated rings. The third-order valence-corrected chi connectivity index (χ3v) is 4.59. The summed E-state index contributed by atoms with van der Waals surface area (Å²) in [6.07, 6.45) is 2.46. The van der Waals surface area contributed by atoms with Gasteiger partial charge in [0.2, 0.25) is 0 Å². The molecule has 3 nitrogen and oxygen atoms in total. The maximum Gasteiger partial charge on any atom is 0.0895 e. The smallest absolute Gasteiger partial charge is 0.0895 e. The summed E-state index contributed by atoms with van der Waals surface area (Å²) in [7, 11) is 0. The van der Waals surface area contributed by atoms with Gasteiger partial charge in [0.05, 0.1) is 18.8 Å². The van der Waals surface area contributed by atoms with Crippen molar-refractivity contribution < 1.29 is 4.74 Å². The summed E-state index contributed by atoms with van der Waals surface area (Å²) >= 11 is 12.7. The number of rotatable bonds is 3. The van der Waals surface area contributed by atoms with E-state index in [-0.39, 0.29) is 12.1 Å². The zero-order chi connectivity index (χ0) is 13.4. The van der Waals surface area contributed by atoms with E-state index < -0.39 is 0 Å². The molecular weight excluding hydrogens is 283 g/mol. The number of hydrogen-bond donors (Lipinski definition) is 1. The van der Waals surface area contributed by atoms with Crippen LogP contribution in [-0.2, 0) is 4.74 Å². The van der Waals surface area contributed by atoms with Crippen LogP contribution in [0.4, 0.5) is 0 Å². The number of morpholine rings is 1. The summed E-state index contributed by atoms with van der Waals surface area (Å²) in [6.45, 7) is 2.14. The van der Waals surface area contributed by atoms with Crippen molar-refractivity contribution in [3.8, 4) is 0 Å². The van der Waals surface area contributed by atoms with E-state index in [1.807, 2.05) is 18.2 Å². The lowest BCUT2D eigenvalue weighted by Gasteiger charge is -2.42. The molecule has 2 aliphatic rings. The van der Waals surface area contributed by atoms with Gasteiger partial charge in [-0.3, -0.25) is 4.90 Å². The molecule has 0 aromatic heterocycles. The molecule has 1 aromatic rings. The van der Waals surface area contributed by atoms with E-state index >= 15 is 0 Å². The van der Waals surface area contributed by atoms with E-state index in [1.165, 1.54) is 12.8 Å². The Balaban J connectivity index is 2.00. The molecular formula is C14H18Cl2N2O. The molecule has 5 heteroatoms. The molecule has 0 radical (unpaired) electrons. The summed E-state index contributed by atoms with van der Waals surface area (Å²) in [5.41, 5.74) is 6.84. The normalized spacial score (nSPS) is 28.6. The van der Waals surface area contributed by atoms with Gasteiger partial charge in [-0.15, -0.1) is 0 Å². The monoisotopic (exact) mass is 300 g/mol. The van der Waals surface area contributed by atoms with Crippen LogP contribution in [0, 0.1) is 0 Å². The van der Waals surface area contributed by atoms with E-state index in [0.717, 1.165) is 18.7 Å². The van der Waals surface area contributed by atoms with Crippen LogP contribution in [0.2, 0.25) is 10.0 Å². The topological polar surface area (TPSA) is 38.5 Å². The van der Waals surface area contributed by atoms with Crippen molar-refractivity contribution in [1.82, 2.24) is 4.90 Å². The largest absolute Gasteiger partial charge is 0.374 e. The number of nitrogens with zero attached hydrogens (tertiary/aromatic N) is 1. The fraction of sp³-hybridized carbons (Fsp3) is 0.571. The van der Waals surface area contributed by atoms with Gasteiger partial charge in [0.1, 0.15) is 0 Å². The molecule has 104 valence electrons. The highest BCUT2D eigenvalue weighted by molar-refractivity contribution is 6.36. The minimum atomic E-state index is -0.0354. The fourth-order valence-electron chi connectivity index (χ4n) is 2.91. The van der Waals surface area contributed by atoms with Crippen LogP contribution in [0.1, 0.15) is 24.4 Å². The van der Waals surface area contributed by atoms with Crippen molar-refractivity contribution in [2.75, 3.05) is 19.7 Å². The Kier molecular flexibility index (Phi) is 4.01. The fourth-order valence-corrected chi connectivity index (χ4v) is 3.53. The van der Waals surface area contributed by atoms with E-state index in [2.05, 4.69) is 4.90 Å². The van der Waals surface area contributed by atoms with Crippen molar-refractivity contribution in [2.24, 2.45) is 5.73 Å². The molecule has 3 rings (SSSR count). The first-order valence-corrected chi connectivity index (χ1v) is 7.49. The van der Waals surface area contributed by atoms with Crippen LogP contribution in [0.15, 0.2) is 18.2 Å². The molecule has 1 aliphatic carbocycles. The van der Waals surface area contributed by atoms with E-state index in [9.17, 15) is 0 Å². The van der Waals surface area contributed by atoms with Crippen molar-refractivity contribution in [1.29, 1.82) is 0 Å². The zero-order valence-corrected chi connectivity index (χ0v) is 12.2. The van der Waals surface area contributed by atoms with Gasteiger partial charge in [0.15, 0.2) is 0 Å². The molecule has 19 heavy (non-hydrogen) atoms. The van der Waals surface area contributed by atoms with Gasteiger partial charge in [-0.2, -0.15) is 0 Å². The molecule has 1 saturated heterocycles. The van der Waals surface area contributed by atoms with Crippen LogP contribution in [0.3, 0.4) is 0 Å². The summed E-state index contributed by atoms with van der Waals surface area (Å²) in [5.74, 6) is 0. The number of nitrogens with two attached hydrogens (primary N) is 1. The SMILES string of the molecule is NCC1OCCN(C2CC2)C1c1c(Cl)cccc1Cl. The first-order chi connectivity index (χ1) is 9.22. The van der Waals surface area contributed by atoms with Gasteiger partial charge in [0.25, 0.3) is 0 Å². The predicted molar refractivity (Wildman–Crippen MR) is 77.7 cm³/mol. The lowest BCUT2D eigenvalue weighted by Crippen LogP contribution is -2.49. The molecule has 0 spiro atoms. The van der Waals surface area contributed by atoms with Gasteiger partial charge in [-0.1, -0.05) is 29.3 Å². The first-order valence-electron chi connectivity index (χ1n) is 6.73. The van der Waals surface area contributed by atoms with Gasteiger partial charge < -0.3 is 10.5 Å². The molecule has 1 aliphatic heterocycles. The summed E-state index contributed by atoms with van der Waals surface area (Å²) in [4.78, 5) is 2.47. The Hall–Kier alpha value is -0.320. The van der Waals surface area contributed by atoms with E-state index in [4.69, 9.17) is 33.7 Å². The van der Waals surface area contributed by atoms with Crippen LogP contribution >= 0.6 is 23.2 Å². The lowest BCUT2D eigenvalue weighted by molar-refractivity contribution is -0.0711. The molecule has 2 unspecified atom stereocenters. The second kappa shape index (κ2) is 5.58. The first kappa shape index (κ1) is 13.7. The number of benzene rings is 1. The van der Waals surface area contributed by atoms with Gasteiger partial charge in [-0.05, 0) is 25.0 Å². The maximum absolute atomic E-state index is 6.37. The minimum absolute atomic E-state index is 0.0354. The average molecular weight is 301 g/mol. The van der Waals surface area contributed by atoms with Crippen LogP contribution < -0.4 is 5.73 Å². The molecule has 1 aromatic carbocycles. The highest BCUT2D eigenvalue weighted by atomic mass is 35.5. The molecule has 0 amide bonds. The number of halogens is 2. The van der Waals surface area contributed by atoms with Crippen molar-refractivity contribution >= 4 is 23.2 Å². The summed E-state index contributed by atoms with van der Waals surface area (Å²) < 4.78 is 5.83. The second-order valence-corrected chi connectivity index (χ2v) is 6.01. The maximum atomic E-state index is 6.37. The number of hydrogen-bond acceptors (Lipinski definition) is 3. The molecule has 1 saturated carbocycles. The van der Waals surface area contributed by atoms with Crippen LogP contribution in [0.5, 0.6) is 0 Å². The van der Waals surface area contributed by atoms with Gasteiger partial charge >= 0.3 is 0 Å². The third kappa shape index (κ3) is 2.63. The molecule has 1 heterocycles. The second-order valence-electron chi connectivity index (χ2n) is 5.19. The summed E-state index contributed by atoms with van der Waals surface area (Å²) in [5, 5.41) is 1.40. The Bertz CT molecular complexity index is 445. The lowest BCUT2D eigenvalue weighted by atomic mass is 9.97. The van der Waals surface area contributed by atoms with E-state index in [0.29, 0.717) is 22.6 Å². The van der Waals surface area contributed by atoms with Crippen LogP contribution in [-0.4, -0.2) is 36.7 Å². The Morgan fingerprint density at radius 3 is 2.53 bits per heavy atom. The number of ether oxygens (including phenoxy) is 1. The molecule has 2 N–H and O–H groups in total. The quantitative estimate of drug-likeness (QED) is 0.933. The van der Waals surface area contributed by atoms with Crippen molar-refractivity contribution in [3.63, 3.8) is 0 Å². The predicted octanol–water partition coefficient (Wildman–Crippen LogP) is 2.86. The third-order valence-electron chi connectivity index (χ3n) is 3.93. The van der Waals surface area contributed by atoms with Crippen LogP contribution in [0.25, 0.3) is 0 Å². The molecule has 2 atom stereocenters. The van der Waals surface area contributed by atoms with Gasteiger partial charge in [0, 0.05) is 34.7 Å². The van der Waals surface area contributed by atoms with E-state index in [1.54, 1.807) is 0 Å². The Morgan fingerprint density at radius 1 is 1.26 bits per heavy atom. The zero-order valence-electron chi connectivity index (χ0n) is 10.7. The standard InChI is InChI=1S/C14H18Cl2N2O/c15-10-2-1-3-11(16)13(10)14-12(8-17)19-7-6-18(14)9-4-5-9/h1-3,9,12,14H,4-8,17H2. The molecule has 0 bridgehead atoms. The minimum Gasteiger partial charge on any atom is -0.374 e. The highest BCUT2D eigenvalue weighted by Gasteiger charge is 2.42. The van der Waals surface area contributed by atoms with Crippen molar-refractivity contribution in [3.05, 3.63) is 33.8 Å². The average Bonchev–Trinajstić information content (AvgIpc) is 3.23. The Morgan fingerprint density at radius 2 is 1.95 bits per heavy atom. The Labute approximate surface area is 123 Å². The summed E-state index contributed by atoms with van der Waals surface area (Å²) in [6, 6.07) is 6.35.